The second-order valence-electron chi connectivity index (χ2n) is 15.2. The van der Waals surface area contributed by atoms with E-state index in [1.54, 1.807) is 44.2 Å². The van der Waals surface area contributed by atoms with Crippen molar-refractivity contribution in [2.75, 3.05) is 12.3 Å². The number of anilines is 1. The average Bonchev–Trinajstić information content (AvgIpc) is 3.77. The van der Waals surface area contributed by atoms with Crippen molar-refractivity contribution in [3.8, 4) is 18.1 Å². The maximum Gasteiger partial charge on any atom is 0.459 e. The summed E-state index contributed by atoms with van der Waals surface area (Å²) in [6.07, 6.45) is 21.9. The Morgan fingerprint density at radius 2 is 1.60 bits per heavy atom. The molecular weight excluding hydrogens is 766 g/mol. The van der Waals surface area contributed by atoms with Crippen LogP contribution in [0.2, 0.25) is 0 Å². The normalized spacial score (nSPS) is 19.5. The summed E-state index contributed by atoms with van der Waals surface area (Å²) in [5.74, 6) is 1.39. The molecule has 1 aromatic carbocycles. The van der Waals surface area contributed by atoms with E-state index >= 15 is 0 Å². The number of nitrogens with one attached hydrogen (secondary N) is 1. The number of esters is 2. The standard InChI is InChI=1S/C42H62FN6O8P/c1-6-8-9-10-11-12-13-14-15-16-17-18-19-20-24-27-36(50)55-34-28-35(49-30-45-37-38(44)46-41(43)47-39(37)49)56-42(34,7-2)29-53-58(52,57-33-25-22-21-23-26-33)48-32(5)40(51)54-31(3)4/h2,21-23,25-26,30-32,34-35H,6,8-20,24,27-29H2,1,3-5H3,(H,48,52)(H2,44,46,47)/t32?,34?,35?,42?,58-/m0/s1. The number of rotatable bonds is 27. The van der Waals surface area contributed by atoms with Gasteiger partial charge in [0, 0.05) is 12.8 Å². The lowest BCUT2D eigenvalue weighted by molar-refractivity contribution is -0.158. The van der Waals surface area contributed by atoms with Gasteiger partial charge in [0.15, 0.2) is 22.6 Å². The van der Waals surface area contributed by atoms with E-state index in [2.05, 4.69) is 32.9 Å². The van der Waals surface area contributed by atoms with Gasteiger partial charge < -0.3 is 24.5 Å². The smallest absolute Gasteiger partial charge is 0.459 e. The topological polar surface area (TPSA) is 179 Å². The molecule has 1 aliphatic rings. The number of aromatic nitrogens is 4. The highest BCUT2D eigenvalue weighted by molar-refractivity contribution is 7.52. The summed E-state index contributed by atoms with van der Waals surface area (Å²) in [6.45, 7) is 6.46. The number of benzene rings is 1. The number of nitrogens with two attached hydrogens (primary N) is 1. The fourth-order valence-electron chi connectivity index (χ4n) is 6.84. The number of unbranched alkanes of at least 4 members (excludes halogenated alkanes) is 14. The number of ether oxygens (including phenoxy) is 3. The van der Waals surface area contributed by atoms with Crippen LogP contribution in [0.3, 0.4) is 0 Å². The van der Waals surface area contributed by atoms with E-state index in [9.17, 15) is 18.5 Å². The number of nitrogen functional groups attached to an aromatic ring is 1. The molecular formula is C42H62FN6O8P. The van der Waals surface area contributed by atoms with E-state index in [1.165, 1.54) is 88.4 Å². The predicted octanol–water partition coefficient (Wildman–Crippen LogP) is 9.15. The monoisotopic (exact) mass is 828 g/mol. The molecule has 2 aromatic heterocycles. The van der Waals surface area contributed by atoms with Gasteiger partial charge in [-0.3, -0.25) is 18.7 Å². The summed E-state index contributed by atoms with van der Waals surface area (Å²) in [5.41, 5.74) is 4.24. The van der Waals surface area contributed by atoms with Gasteiger partial charge >= 0.3 is 25.8 Å². The number of hydrogen-bond donors (Lipinski definition) is 2. The van der Waals surface area contributed by atoms with Crippen LogP contribution in [0.25, 0.3) is 11.2 Å². The van der Waals surface area contributed by atoms with Crippen LogP contribution in [0.5, 0.6) is 5.75 Å². The highest BCUT2D eigenvalue weighted by atomic mass is 31.2. The van der Waals surface area contributed by atoms with Crippen LogP contribution in [-0.2, 0) is 32.9 Å². The molecule has 3 N–H and O–H groups in total. The van der Waals surface area contributed by atoms with Crippen molar-refractivity contribution >= 4 is 36.7 Å². The third-order valence-electron chi connectivity index (χ3n) is 9.99. The van der Waals surface area contributed by atoms with Crippen molar-refractivity contribution in [2.45, 2.75) is 167 Å². The number of fused-ring (bicyclic) bond motifs is 1. The van der Waals surface area contributed by atoms with Gasteiger partial charge in [0.2, 0.25) is 0 Å². The summed E-state index contributed by atoms with van der Waals surface area (Å²) in [6, 6.07) is 7.09. The lowest BCUT2D eigenvalue weighted by Gasteiger charge is -2.31. The van der Waals surface area contributed by atoms with Gasteiger partial charge in [0.1, 0.15) is 30.7 Å². The number of halogens is 1. The van der Waals surface area contributed by atoms with Crippen LogP contribution in [0.1, 0.15) is 143 Å². The van der Waals surface area contributed by atoms with Crippen LogP contribution in [-0.4, -0.2) is 61.9 Å². The van der Waals surface area contributed by atoms with Gasteiger partial charge in [-0.1, -0.05) is 121 Å². The average molecular weight is 829 g/mol. The Hall–Kier alpha value is -4.09. The number of hydrogen-bond acceptors (Lipinski definition) is 12. The summed E-state index contributed by atoms with van der Waals surface area (Å²) in [5, 5.41) is 2.63. The molecule has 1 aliphatic heterocycles. The molecule has 5 atom stereocenters. The Kier molecular flexibility index (Phi) is 18.9. The number of carbonyl (C=O) groups excluding carboxylic acids is 2. The molecule has 16 heteroatoms. The Morgan fingerprint density at radius 1 is 1.00 bits per heavy atom. The Bertz CT molecular complexity index is 1820. The maximum atomic E-state index is 14.4. The van der Waals surface area contributed by atoms with E-state index in [0.29, 0.717) is 6.42 Å². The van der Waals surface area contributed by atoms with E-state index < -0.39 is 62.4 Å². The SMILES string of the molecule is C#CC1(CO[P@@](=O)(NC(C)C(=O)OC(C)C)Oc2ccccc2)OC(n2cnc3c(N)nc(F)nc32)CC1OC(=O)CCCCCCCCCCCCCCCCC. The van der Waals surface area contributed by atoms with Crippen molar-refractivity contribution in [1.82, 2.24) is 24.6 Å². The van der Waals surface area contributed by atoms with Crippen LogP contribution < -0.4 is 15.3 Å². The van der Waals surface area contributed by atoms with Gasteiger partial charge in [-0.2, -0.15) is 19.4 Å². The Balaban J connectivity index is 1.40. The third kappa shape index (κ3) is 14.3. The molecule has 0 spiro atoms. The molecule has 1 fully saturated rings. The third-order valence-corrected chi connectivity index (χ3v) is 11.6. The van der Waals surface area contributed by atoms with Crippen molar-refractivity contribution in [3.63, 3.8) is 0 Å². The molecule has 4 unspecified atom stereocenters. The molecule has 4 rings (SSSR count). The minimum atomic E-state index is -4.41. The Labute approximate surface area is 342 Å². The molecule has 0 radical (unpaired) electrons. The zero-order valence-corrected chi connectivity index (χ0v) is 35.4. The van der Waals surface area contributed by atoms with Crippen molar-refractivity contribution in [1.29, 1.82) is 0 Å². The number of carbonyl (C=O) groups is 2. The molecule has 0 bridgehead atoms. The highest BCUT2D eigenvalue weighted by Crippen LogP contribution is 2.48. The first kappa shape index (κ1) is 46.6. The number of terminal acetylenes is 1. The molecule has 320 valence electrons. The van der Waals surface area contributed by atoms with Gasteiger partial charge in [-0.15, -0.1) is 6.42 Å². The molecule has 1 saturated heterocycles. The van der Waals surface area contributed by atoms with Crippen molar-refractivity contribution < 1.29 is 41.8 Å². The van der Waals surface area contributed by atoms with Crippen molar-refractivity contribution in [3.05, 3.63) is 42.7 Å². The predicted molar refractivity (Wildman–Crippen MR) is 220 cm³/mol. The van der Waals surface area contributed by atoms with Crippen LogP contribution in [0.15, 0.2) is 36.7 Å². The van der Waals surface area contributed by atoms with Crippen LogP contribution in [0.4, 0.5) is 10.2 Å². The fraction of sp³-hybridized carbons (Fsp3) is 0.643. The summed E-state index contributed by atoms with van der Waals surface area (Å²) in [4.78, 5) is 37.7. The van der Waals surface area contributed by atoms with E-state index in [4.69, 9.17) is 35.4 Å². The lowest BCUT2D eigenvalue weighted by atomic mass is 9.98. The number of imidazole rings is 1. The molecule has 58 heavy (non-hydrogen) atoms. The van der Waals surface area contributed by atoms with E-state index in [-0.39, 0.29) is 35.6 Å². The van der Waals surface area contributed by atoms with Crippen molar-refractivity contribution in [2.24, 2.45) is 0 Å². The Morgan fingerprint density at radius 3 is 2.19 bits per heavy atom. The second-order valence-corrected chi connectivity index (χ2v) is 16.9. The summed E-state index contributed by atoms with van der Waals surface area (Å²) in [7, 11) is -4.41. The first-order chi connectivity index (χ1) is 27.9. The molecule has 3 heterocycles. The quantitative estimate of drug-likeness (QED) is 0.0245. The number of para-hydroxylation sites is 1. The van der Waals surface area contributed by atoms with Crippen LogP contribution in [0, 0.1) is 18.4 Å². The molecule has 3 aromatic rings. The molecule has 0 amide bonds. The van der Waals surface area contributed by atoms with E-state index in [0.717, 1.165) is 19.3 Å². The first-order valence-electron chi connectivity index (χ1n) is 20.9. The van der Waals surface area contributed by atoms with Gasteiger partial charge in [-0.05, 0) is 39.3 Å². The zero-order chi connectivity index (χ0) is 42.0. The highest BCUT2D eigenvalue weighted by Gasteiger charge is 2.53. The lowest BCUT2D eigenvalue weighted by Crippen LogP contribution is -2.45. The maximum absolute atomic E-state index is 14.4. The molecule has 0 saturated carbocycles. The van der Waals surface area contributed by atoms with Gasteiger partial charge in [-0.25, -0.2) is 9.55 Å². The van der Waals surface area contributed by atoms with E-state index in [1.807, 2.05) is 0 Å². The second kappa shape index (κ2) is 23.5. The minimum Gasteiger partial charge on any atom is -0.462 e. The number of nitrogens with zero attached hydrogens (tertiary/aromatic N) is 4. The minimum absolute atomic E-state index is 0.0243. The van der Waals surface area contributed by atoms with Gasteiger partial charge in [0.05, 0.1) is 12.4 Å². The van der Waals surface area contributed by atoms with Crippen LogP contribution >= 0.6 is 7.75 Å². The van der Waals surface area contributed by atoms with Gasteiger partial charge in [0.25, 0.3) is 0 Å². The first-order valence-corrected chi connectivity index (χ1v) is 22.4. The zero-order valence-electron chi connectivity index (χ0n) is 34.5. The molecule has 14 nitrogen and oxygen atoms in total. The fourth-order valence-corrected chi connectivity index (χ4v) is 8.37. The summed E-state index contributed by atoms with van der Waals surface area (Å²) < 4.78 is 59.5. The summed E-state index contributed by atoms with van der Waals surface area (Å²) >= 11 is 0. The molecule has 0 aliphatic carbocycles. The largest absolute Gasteiger partial charge is 0.462 e.